The lowest BCUT2D eigenvalue weighted by Crippen LogP contribution is -2.49. The molecule has 0 unspecified atom stereocenters. The number of ether oxygens (including phenoxy) is 1. The first-order chi connectivity index (χ1) is 19.7. The third kappa shape index (κ3) is 7.96. The van der Waals surface area contributed by atoms with Crippen molar-refractivity contribution in [2.75, 3.05) is 53.9 Å². The van der Waals surface area contributed by atoms with Gasteiger partial charge in [0.1, 0.15) is 0 Å². The van der Waals surface area contributed by atoms with Crippen LogP contribution in [0.2, 0.25) is 0 Å². The molecule has 17 heteroatoms. The first-order valence-electron chi connectivity index (χ1n) is 12.8. The SMILES string of the molecule is CC(C)COC(=O)N1CCN(c2nc(-c3cccc(NS(=O)(=O)CCC(F)(F)F)c3F)c(-c3ccnc(N)n3)s2)CC1. The van der Waals surface area contributed by atoms with Gasteiger partial charge in [0.05, 0.1) is 40.7 Å². The third-order valence-corrected chi connectivity index (χ3v) is 8.46. The average molecular weight is 632 g/mol. The van der Waals surface area contributed by atoms with Crippen LogP contribution >= 0.6 is 11.3 Å². The second-order valence-electron chi connectivity index (χ2n) is 9.87. The summed E-state index contributed by atoms with van der Waals surface area (Å²) in [6.45, 7) is 5.75. The van der Waals surface area contributed by atoms with Gasteiger partial charge in [-0.15, -0.1) is 0 Å². The number of anilines is 3. The lowest BCUT2D eigenvalue weighted by Gasteiger charge is -2.34. The number of hydrogen-bond acceptors (Lipinski definition) is 10. The highest BCUT2D eigenvalue weighted by Gasteiger charge is 2.31. The number of nitrogen functional groups attached to an aromatic ring is 1. The second kappa shape index (κ2) is 12.6. The van der Waals surface area contributed by atoms with Crippen LogP contribution in [0.3, 0.4) is 0 Å². The molecule has 4 rings (SSSR count). The largest absolute Gasteiger partial charge is 0.449 e. The molecule has 3 heterocycles. The molecule has 0 atom stereocenters. The van der Waals surface area contributed by atoms with E-state index in [1.165, 1.54) is 29.7 Å². The summed E-state index contributed by atoms with van der Waals surface area (Å²) < 4.78 is 85.2. The third-order valence-electron chi connectivity index (χ3n) is 6.04. The fourth-order valence-electron chi connectivity index (χ4n) is 3.97. The van der Waals surface area contributed by atoms with E-state index < -0.39 is 46.0 Å². The Morgan fingerprint density at radius 3 is 2.52 bits per heavy atom. The molecule has 1 aromatic carbocycles. The minimum Gasteiger partial charge on any atom is -0.449 e. The Hall–Kier alpha value is -3.73. The number of halogens is 4. The summed E-state index contributed by atoms with van der Waals surface area (Å²) >= 11 is 1.19. The second-order valence-corrected chi connectivity index (χ2v) is 12.7. The molecule has 228 valence electrons. The van der Waals surface area contributed by atoms with E-state index in [4.69, 9.17) is 10.5 Å². The molecular weight excluding hydrogens is 602 g/mol. The smallest absolute Gasteiger partial charge is 0.409 e. The Kier molecular flexibility index (Phi) is 9.40. The first-order valence-corrected chi connectivity index (χ1v) is 15.3. The van der Waals surface area contributed by atoms with Crippen LogP contribution in [0.1, 0.15) is 20.3 Å². The number of piperazine rings is 1. The van der Waals surface area contributed by atoms with Crippen LogP contribution < -0.4 is 15.4 Å². The first kappa shape index (κ1) is 31.2. The molecule has 1 saturated heterocycles. The molecule has 0 radical (unpaired) electrons. The van der Waals surface area contributed by atoms with Crippen LogP contribution in [0.4, 0.5) is 39.1 Å². The van der Waals surface area contributed by atoms with Crippen molar-refractivity contribution in [3.05, 3.63) is 36.3 Å². The summed E-state index contributed by atoms with van der Waals surface area (Å²) in [5.41, 5.74) is 5.62. The van der Waals surface area contributed by atoms with Crippen LogP contribution in [0.5, 0.6) is 0 Å². The standard InChI is InChI=1S/C25H29F4N7O4S2/c1-15(2)14-40-24(37)36-11-9-35(10-12-36)23-33-20(21(41-23)18-6-8-31-22(30)32-18)16-4-3-5-17(19(16)26)34-42(38,39)13-7-25(27,28)29/h3-6,8,15,34H,7,9-14H2,1-2H3,(H2,30,31,32). The number of amides is 1. The molecule has 1 aliphatic heterocycles. The quantitative estimate of drug-likeness (QED) is 0.324. The van der Waals surface area contributed by atoms with E-state index >= 15 is 4.39 Å². The van der Waals surface area contributed by atoms with Gasteiger partial charge in [0.15, 0.2) is 10.9 Å². The van der Waals surface area contributed by atoms with Crippen molar-refractivity contribution in [2.45, 2.75) is 26.4 Å². The van der Waals surface area contributed by atoms with Crippen LogP contribution in [0, 0.1) is 11.7 Å². The van der Waals surface area contributed by atoms with Gasteiger partial charge in [-0.3, -0.25) is 4.72 Å². The highest BCUT2D eigenvalue weighted by molar-refractivity contribution is 7.92. The number of aromatic nitrogens is 3. The van der Waals surface area contributed by atoms with Crippen LogP contribution in [0.25, 0.3) is 21.8 Å². The normalized spacial score (nSPS) is 14.4. The summed E-state index contributed by atoms with van der Waals surface area (Å²) in [6.07, 6.45) is -5.26. The van der Waals surface area contributed by atoms with E-state index in [2.05, 4.69) is 15.0 Å². The molecule has 1 fully saturated rings. The van der Waals surface area contributed by atoms with Crippen LogP contribution in [-0.2, 0) is 14.8 Å². The molecule has 1 amide bonds. The van der Waals surface area contributed by atoms with E-state index in [1.54, 1.807) is 11.0 Å². The number of thiazole rings is 1. The highest BCUT2D eigenvalue weighted by atomic mass is 32.2. The van der Waals surface area contributed by atoms with E-state index in [-0.39, 0.29) is 23.1 Å². The topological polar surface area (TPSA) is 144 Å². The van der Waals surface area contributed by atoms with Gasteiger partial charge >= 0.3 is 12.3 Å². The molecule has 0 spiro atoms. The number of rotatable bonds is 9. The molecular formula is C25H29F4N7O4S2. The Labute approximate surface area is 243 Å². The minimum absolute atomic E-state index is 0.0337. The zero-order valence-corrected chi connectivity index (χ0v) is 24.3. The van der Waals surface area contributed by atoms with Crippen molar-refractivity contribution < 1.29 is 35.5 Å². The molecule has 0 saturated carbocycles. The fourth-order valence-corrected chi connectivity index (χ4v) is 6.17. The summed E-state index contributed by atoms with van der Waals surface area (Å²) in [4.78, 5) is 29.0. The number of carbonyl (C=O) groups excluding carboxylic acids is 1. The van der Waals surface area contributed by atoms with Gasteiger partial charge in [-0.05, 0) is 24.1 Å². The molecule has 3 N–H and O–H groups in total. The van der Waals surface area contributed by atoms with E-state index in [1.807, 2.05) is 23.5 Å². The number of nitrogens with two attached hydrogens (primary N) is 1. The molecule has 0 aliphatic carbocycles. The molecule has 42 heavy (non-hydrogen) atoms. The monoisotopic (exact) mass is 631 g/mol. The van der Waals surface area contributed by atoms with Crippen LogP contribution in [0.15, 0.2) is 30.5 Å². The summed E-state index contributed by atoms with van der Waals surface area (Å²) in [5, 5.41) is 0.489. The maximum absolute atomic E-state index is 15.7. The minimum atomic E-state index is -4.69. The van der Waals surface area contributed by atoms with Crippen LogP contribution in [-0.4, -0.2) is 79.1 Å². The van der Waals surface area contributed by atoms with Gasteiger partial charge < -0.3 is 20.3 Å². The van der Waals surface area contributed by atoms with Crippen molar-refractivity contribution in [3.63, 3.8) is 0 Å². The summed E-state index contributed by atoms with van der Waals surface area (Å²) in [7, 11) is -4.51. The lowest BCUT2D eigenvalue weighted by molar-refractivity contribution is -0.129. The number of benzene rings is 1. The number of carbonyl (C=O) groups is 1. The van der Waals surface area contributed by atoms with Crippen molar-refractivity contribution in [3.8, 4) is 21.8 Å². The van der Waals surface area contributed by atoms with Crippen molar-refractivity contribution in [1.82, 2.24) is 19.9 Å². The number of nitrogens with one attached hydrogen (secondary N) is 1. The maximum Gasteiger partial charge on any atom is 0.409 e. The van der Waals surface area contributed by atoms with E-state index in [9.17, 15) is 26.4 Å². The van der Waals surface area contributed by atoms with Gasteiger partial charge in [0.25, 0.3) is 0 Å². The lowest BCUT2D eigenvalue weighted by atomic mass is 10.1. The Bertz CT molecular complexity index is 1530. The number of alkyl halides is 3. The molecule has 11 nitrogen and oxygen atoms in total. The van der Waals surface area contributed by atoms with Crippen molar-refractivity contribution in [2.24, 2.45) is 5.92 Å². The summed E-state index contributed by atoms with van der Waals surface area (Å²) in [5.74, 6) is -2.12. The predicted molar refractivity (Wildman–Crippen MR) is 151 cm³/mol. The van der Waals surface area contributed by atoms with Gasteiger partial charge in [-0.2, -0.15) is 13.2 Å². The maximum atomic E-state index is 15.7. The van der Waals surface area contributed by atoms with Crippen molar-refractivity contribution in [1.29, 1.82) is 0 Å². The fraction of sp³-hybridized carbons (Fsp3) is 0.440. The van der Waals surface area contributed by atoms with Gasteiger partial charge in [-0.25, -0.2) is 32.6 Å². The van der Waals surface area contributed by atoms with E-state index in [0.29, 0.717) is 48.5 Å². The summed E-state index contributed by atoms with van der Waals surface area (Å²) in [6, 6.07) is 5.40. The highest BCUT2D eigenvalue weighted by Crippen LogP contribution is 2.42. The Balaban J connectivity index is 1.64. The average Bonchev–Trinajstić information content (AvgIpc) is 3.37. The predicted octanol–water partition coefficient (Wildman–Crippen LogP) is 4.60. The van der Waals surface area contributed by atoms with E-state index in [0.717, 1.165) is 6.07 Å². The van der Waals surface area contributed by atoms with Gasteiger partial charge in [-0.1, -0.05) is 31.3 Å². The molecule has 2 aromatic heterocycles. The zero-order chi connectivity index (χ0) is 30.7. The van der Waals surface area contributed by atoms with Crippen molar-refractivity contribution >= 4 is 44.2 Å². The zero-order valence-electron chi connectivity index (χ0n) is 22.7. The molecule has 0 bridgehead atoms. The number of nitrogens with zero attached hydrogens (tertiary/aromatic N) is 5. The Morgan fingerprint density at radius 1 is 1.17 bits per heavy atom. The number of hydrogen-bond donors (Lipinski definition) is 2. The number of sulfonamides is 1. The molecule has 3 aromatic rings. The van der Waals surface area contributed by atoms with Gasteiger partial charge in [0.2, 0.25) is 16.0 Å². The Morgan fingerprint density at radius 2 is 1.88 bits per heavy atom. The van der Waals surface area contributed by atoms with Gasteiger partial charge in [0, 0.05) is 37.9 Å². The molecule has 1 aliphatic rings.